The van der Waals surface area contributed by atoms with E-state index in [0.717, 1.165) is 11.1 Å². The minimum atomic E-state index is -0.349. The van der Waals surface area contributed by atoms with Gasteiger partial charge >= 0.3 is 0 Å². The first-order valence-electron chi connectivity index (χ1n) is 9.38. The van der Waals surface area contributed by atoms with Crippen LogP contribution >= 0.6 is 0 Å². The van der Waals surface area contributed by atoms with Crippen LogP contribution in [-0.2, 0) is 13.2 Å². The van der Waals surface area contributed by atoms with Crippen molar-refractivity contribution in [3.05, 3.63) is 89.0 Å². The van der Waals surface area contributed by atoms with Gasteiger partial charge in [-0.2, -0.15) is 0 Å². The number of carbonyl (C=O) groups is 1. The van der Waals surface area contributed by atoms with Crippen molar-refractivity contribution in [2.75, 3.05) is 10.6 Å². The highest BCUT2D eigenvalue weighted by Crippen LogP contribution is 2.15. The second-order valence-corrected chi connectivity index (χ2v) is 6.88. The number of hydrogen-bond donors (Lipinski definition) is 3. The Bertz CT molecular complexity index is 1200. The van der Waals surface area contributed by atoms with E-state index >= 15 is 0 Å². The number of halogens is 1. The summed E-state index contributed by atoms with van der Waals surface area (Å²) in [5.41, 5.74) is 3.70. The Morgan fingerprint density at radius 1 is 1.10 bits per heavy atom. The van der Waals surface area contributed by atoms with Crippen LogP contribution in [0, 0.1) is 12.7 Å². The predicted molar refractivity (Wildman–Crippen MR) is 112 cm³/mol. The van der Waals surface area contributed by atoms with Crippen molar-refractivity contribution >= 4 is 23.1 Å². The molecule has 2 heterocycles. The van der Waals surface area contributed by atoms with Gasteiger partial charge in [-0.25, -0.2) is 13.9 Å². The molecule has 0 aliphatic carbocycles. The van der Waals surface area contributed by atoms with Crippen LogP contribution in [0.5, 0.6) is 0 Å². The number of nitrogens with zero attached hydrogens (tertiary/aromatic N) is 3. The van der Waals surface area contributed by atoms with E-state index in [-0.39, 0.29) is 24.0 Å². The van der Waals surface area contributed by atoms with Gasteiger partial charge < -0.3 is 15.7 Å². The third-order valence-corrected chi connectivity index (χ3v) is 4.69. The van der Waals surface area contributed by atoms with Crippen LogP contribution < -0.4 is 10.6 Å². The van der Waals surface area contributed by atoms with Gasteiger partial charge in [0.05, 0.1) is 12.8 Å². The third-order valence-electron chi connectivity index (χ3n) is 4.69. The standard InChI is InChI=1S/C22H20FN5O2/c1-14-10-16(4-7-18(14)23)11-24-20-8-9-21-25-12-19(28(21)27-20)22(30)26-17-5-2-15(13-29)3-6-17/h2-10,12,29H,11,13H2,1H3,(H,24,27)(H,26,30). The molecule has 3 N–H and O–H groups in total. The van der Waals surface area contributed by atoms with E-state index in [2.05, 4.69) is 20.7 Å². The van der Waals surface area contributed by atoms with Crippen LogP contribution in [0.1, 0.15) is 27.2 Å². The molecule has 0 fully saturated rings. The Morgan fingerprint density at radius 2 is 1.87 bits per heavy atom. The highest BCUT2D eigenvalue weighted by atomic mass is 19.1. The number of rotatable bonds is 6. The number of amides is 1. The minimum absolute atomic E-state index is 0.0569. The van der Waals surface area contributed by atoms with E-state index < -0.39 is 0 Å². The smallest absolute Gasteiger partial charge is 0.276 e. The maximum absolute atomic E-state index is 13.4. The molecule has 0 atom stereocenters. The molecule has 0 bridgehead atoms. The summed E-state index contributed by atoms with van der Waals surface area (Å²) < 4.78 is 14.9. The van der Waals surface area contributed by atoms with Gasteiger partial charge in [0, 0.05) is 12.2 Å². The zero-order valence-corrected chi connectivity index (χ0v) is 16.3. The summed E-state index contributed by atoms with van der Waals surface area (Å²) in [6, 6.07) is 15.4. The third kappa shape index (κ3) is 4.13. The van der Waals surface area contributed by atoms with Crippen LogP contribution in [0.25, 0.3) is 5.65 Å². The molecule has 152 valence electrons. The van der Waals surface area contributed by atoms with Gasteiger partial charge in [-0.1, -0.05) is 24.3 Å². The maximum atomic E-state index is 13.4. The maximum Gasteiger partial charge on any atom is 0.276 e. The molecule has 8 heteroatoms. The summed E-state index contributed by atoms with van der Waals surface area (Å²) >= 11 is 0. The second-order valence-electron chi connectivity index (χ2n) is 6.88. The lowest BCUT2D eigenvalue weighted by Crippen LogP contribution is -2.16. The molecule has 4 rings (SSSR count). The molecule has 30 heavy (non-hydrogen) atoms. The Morgan fingerprint density at radius 3 is 2.60 bits per heavy atom. The van der Waals surface area contributed by atoms with E-state index in [0.29, 0.717) is 29.3 Å². The molecule has 2 aromatic carbocycles. The lowest BCUT2D eigenvalue weighted by molar-refractivity contribution is 0.102. The molecule has 4 aromatic rings. The summed E-state index contributed by atoms with van der Waals surface area (Å²) in [6.07, 6.45) is 1.47. The number of benzene rings is 2. The van der Waals surface area contributed by atoms with Crippen molar-refractivity contribution in [3.8, 4) is 0 Å². The van der Waals surface area contributed by atoms with Crippen LogP contribution in [0.2, 0.25) is 0 Å². The molecule has 7 nitrogen and oxygen atoms in total. The van der Waals surface area contributed by atoms with E-state index in [1.807, 2.05) is 0 Å². The quantitative estimate of drug-likeness (QED) is 0.456. The first-order chi connectivity index (χ1) is 14.5. The van der Waals surface area contributed by atoms with E-state index in [4.69, 9.17) is 5.11 Å². The first-order valence-corrected chi connectivity index (χ1v) is 9.38. The Balaban J connectivity index is 1.51. The number of aliphatic hydroxyl groups is 1. The van der Waals surface area contributed by atoms with Gasteiger partial charge in [0.15, 0.2) is 11.3 Å². The average molecular weight is 405 g/mol. The van der Waals surface area contributed by atoms with Crippen molar-refractivity contribution < 1.29 is 14.3 Å². The van der Waals surface area contributed by atoms with E-state index in [1.54, 1.807) is 55.5 Å². The monoisotopic (exact) mass is 405 g/mol. The normalized spacial score (nSPS) is 10.9. The highest BCUT2D eigenvalue weighted by Gasteiger charge is 2.14. The van der Waals surface area contributed by atoms with E-state index in [1.165, 1.54) is 16.8 Å². The van der Waals surface area contributed by atoms with Crippen molar-refractivity contribution in [1.82, 2.24) is 14.6 Å². The number of imidazole rings is 1. The fraction of sp³-hybridized carbons (Fsp3) is 0.136. The first kappa shape index (κ1) is 19.5. The average Bonchev–Trinajstić information content (AvgIpc) is 3.18. The molecule has 0 aliphatic heterocycles. The topological polar surface area (TPSA) is 91.5 Å². The number of fused-ring (bicyclic) bond motifs is 1. The highest BCUT2D eigenvalue weighted by molar-refractivity contribution is 6.03. The van der Waals surface area contributed by atoms with Crippen molar-refractivity contribution in [2.45, 2.75) is 20.1 Å². The Hall–Kier alpha value is -3.78. The molecule has 2 aromatic heterocycles. The Kier molecular flexibility index (Phi) is 5.40. The van der Waals surface area contributed by atoms with Crippen molar-refractivity contribution in [3.63, 3.8) is 0 Å². The number of anilines is 2. The predicted octanol–water partition coefficient (Wildman–Crippen LogP) is 3.53. The van der Waals surface area contributed by atoms with E-state index in [9.17, 15) is 9.18 Å². The lowest BCUT2D eigenvalue weighted by Gasteiger charge is -2.09. The molecule has 0 radical (unpaired) electrons. The number of aromatic nitrogens is 3. The number of hydrogen-bond acceptors (Lipinski definition) is 5. The van der Waals surface area contributed by atoms with Crippen molar-refractivity contribution in [1.29, 1.82) is 0 Å². The molecule has 0 unspecified atom stereocenters. The number of aryl methyl sites for hydroxylation is 1. The van der Waals surface area contributed by atoms with Gasteiger partial charge in [-0.05, 0) is 53.9 Å². The van der Waals surface area contributed by atoms with Crippen LogP contribution in [-0.4, -0.2) is 25.6 Å². The fourth-order valence-corrected chi connectivity index (χ4v) is 3.02. The molecule has 1 amide bonds. The van der Waals surface area contributed by atoms with Gasteiger partial charge in [-0.3, -0.25) is 4.79 Å². The SMILES string of the molecule is Cc1cc(CNc2ccc3ncc(C(=O)Nc4ccc(CO)cc4)n3n2)ccc1F. The van der Waals surface area contributed by atoms with Gasteiger partial charge in [0.1, 0.15) is 11.6 Å². The number of nitrogens with one attached hydrogen (secondary N) is 2. The summed E-state index contributed by atoms with van der Waals surface area (Å²) in [5, 5.41) is 19.6. The molecule has 0 aliphatic rings. The van der Waals surface area contributed by atoms with Crippen molar-refractivity contribution in [2.24, 2.45) is 0 Å². The summed E-state index contributed by atoms with van der Waals surface area (Å²) in [4.78, 5) is 16.9. The fourth-order valence-electron chi connectivity index (χ4n) is 3.02. The number of aliphatic hydroxyl groups excluding tert-OH is 1. The summed E-state index contributed by atoms with van der Waals surface area (Å²) in [6.45, 7) is 2.13. The molecule has 0 saturated heterocycles. The van der Waals surface area contributed by atoms with Gasteiger partial charge in [-0.15, -0.1) is 5.10 Å². The zero-order valence-electron chi connectivity index (χ0n) is 16.3. The largest absolute Gasteiger partial charge is 0.392 e. The molecule has 0 spiro atoms. The molecular formula is C22H20FN5O2. The summed E-state index contributed by atoms with van der Waals surface area (Å²) in [7, 11) is 0. The van der Waals surface area contributed by atoms with Crippen LogP contribution in [0.15, 0.2) is 60.8 Å². The van der Waals surface area contributed by atoms with Crippen LogP contribution in [0.4, 0.5) is 15.9 Å². The second kappa shape index (κ2) is 8.30. The lowest BCUT2D eigenvalue weighted by atomic mass is 10.1. The minimum Gasteiger partial charge on any atom is -0.392 e. The van der Waals surface area contributed by atoms with Gasteiger partial charge in [0.25, 0.3) is 5.91 Å². The molecule has 0 saturated carbocycles. The van der Waals surface area contributed by atoms with Crippen LogP contribution in [0.3, 0.4) is 0 Å². The van der Waals surface area contributed by atoms with Gasteiger partial charge in [0.2, 0.25) is 0 Å². The zero-order chi connectivity index (χ0) is 21.1. The summed E-state index contributed by atoms with van der Waals surface area (Å²) in [5.74, 6) is -0.0275. The molecular weight excluding hydrogens is 385 g/mol. The number of carbonyl (C=O) groups excluding carboxylic acids is 1. The Labute approximate surface area is 172 Å².